The van der Waals surface area contributed by atoms with Gasteiger partial charge in [0.1, 0.15) is 0 Å². The number of aryl methyl sites for hydroxylation is 1. The molecule has 0 aliphatic carbocycles. The van der Waals surface area contributed by atoms with Crippen molar-refractivity contribution in [2.75, 3.05) is 0 Å². The molecule has 0 radical (unpaired) electrons. The molecule has 1 aliphatic heterocycles. The standard InChI is InChI=1S/C16H28P2.C10H18P2.Fe/c1-8-9-10-12-11-13(15(2,3)4)18-14(17-12)16(5,6)7;1-9(2,3)7-11-8(12-7)10(4,5)6;/h11H,8-10H2,1-7H3;1-6H3;. The smallest absolute Gasteiger partial charge is 0.0132 e. The Morgan fingerprint density at radius 2 is 1.10 bits per heavy atom. The summed E-state index contributed by atoms with van der Waals surface area (Å²) >= 11 is 0. The van der Waals surface area contributed by atoms with E-state index >= 15 is 0 Å². The Labute approximate surface area is 211 Å². The summed E-state index contributed by atoms with van der Waals surface area (Å²) in [7, 11) is 6.01. The van der Waals surface area contributed by atoms with Gasteiger partial charge < -0.3 is 0 Å². The third-order valence-corrected chi connectivity index (χ3v) is 13.5. The maximum absolute atomic E-state index is 2.49. The molecule has 0 saturated carbocycles. The fourth-order valence-electron chi connectivity index (χ4n) is 2.58. The second kappa shape index (κ2) is 12.1. The molecule has 5 heteroatoms. The van der Waals surface area contributed by atoms with E-state index < -0.39 is 0 Å². The van der Waals surface area contributed by atoms with Crippen LogP contribution in [-0.2, 0) is 34.3 Å². The molecule has 2 heterocycles. The van der Waals surface area contributed by atoms with Crippen LogP contribution >= 0.6 is 32.8 Å². The Kier molecular flexibility index (Phi) is 12.4. The van der Waals surface area contributed by atoms with Crippen molar-refractivity contribution in [3.05, 3.63) is 21.7 Å². The molecule has 1 aromatic rings. The molecule has 1 aliphatic rings. The Hall–Kier alpha value is 0.939. The summed E-state index contributed by atoms with van der Waals surface area (Å²) in [4.78, 5) is 0. The van der Waals surface area contributed by atoms with E-state index in [1.807, 2.05) is 0 Å². The van der Waals surface area contributed by atoms with Crippen LogP contribution in [0.25, 0.3) is 0 Å². The van der Waals surface area contributed by atoms with Crippen LogP contribution in [0.2, 0.25) is 0 Å². The average Bonchev–Trinajstić information content (AvgIpc) is 2.47. The van der Waals surface area contributed by atoms with Crippen LogP contribution in [-0.4, -0.2) is 10.1 Å². The monoisotopic (exact) mass is 538 g/mol. The molecule has 0 spiro atoms. The Morgan fingerprint density at radius 3 is 1.42 bits per heavy atom. The minimum Gasteiger partial charge on any atom is -0.0654 e. The summed E-state index contributed by atoms with van der Waals surface area (Å²) in [5.74, 6) is 0. The van der Waals surface area contributed by atoms with E-state index in [0.29, 0.717) is 21.7 Å². The first-order valence-corrected chi connectivity index (χ1v) is 15.0. The third kappa shape index (κ3) is 10.8. The quantitative estimate of drug-likeness (QED) is 0.265. The van der Waals surface area contributed by atoms with Crippen LogP contribution in [0.1, 0.15) is 118 Å². The van der Waals surface area contributed by atoms with E-state index in [4.69, 9.17) is 0 Å². The molecule has 0 amide bonds. The number of hydrogen-bond donors (Lipinski definition) is 0. The molecule has 0 bridgehead atoms. The first-order valence-electron chi connectivity index (χ1n) is 11.4. The molecule has 0 aromatic carbocycles. The molecule has 0 N–H and O–H groups in total. The zero-order chi connectivity index (χ0) is 23.5. The van der Waals surface area contributed by atoms with Crippen LogP contribution in [0.3, 0.4) is 0 Å². The van der Waals surface area contributed by atoms with Crippen LogP contribution in [0.4, 0.5) is 0 Å². The first kappa shape index (κ1) is 31.9. The molecule has 0 saturated heterocycles. The SMILES string of the molecule is CC(C)(C)C1=PC(C(C)(C)C)=P1.CCCCc1cc(C(C)(C)C)pc(C(C)(C)C)p1.[Fe]. The Morgan fingerprint density at radius 1 is 0.645 bits per heavy atom. The third-order valence-electron chi connectivity index (χ3n) is 4.77. The topological polar surface area (TPSA) is 0 Å². The van der Waals surface area contributed by atoms with Crippen molar-refractivity contribution in [1.29, 1.82) is 0 Å². The van der Waals surface area contributed by atoms with E-state index in [9.17, 15) is 0 Å². The molecule has 178 valence electrons. The summed E-state index contributed by atoms with van der Waals surface area (Å²) < 4.78 is 0. The van der Waals surface area contributed by atoms with Gasteiger partial charge in [-0.1, -0.05) is 129 Å². The second-order valence-corrected chi connectivity index (χ2v) is 18.2. The predicted octanol–water partition coefficient (Wildman–Crippen LogP) is 11.0. The van der Waals surface area contributed by atoms with E-state index in [2.05, 4.69) is 96.1 Å². The van der Waals surface area contributed by atoms with Crippen molar-refractivity contribution >= 4 is 42.9 Å². The molecular formula is C26H46FeP4. The molecule has 2 rings (SSSR count). The van der Waals surface area contributed by atoms with Gasteiger partial charge in [-0.05, 0) is 51.2 Å². The van der Waals surface area contributed by atoms with Gasteiger partial charge in [0.15, 0.2) is 0 Å². The Bertz CT molecular complexity index is 714. The Balaban J connectivity index is 0.000000605. The van der Waals surface area contributed by atoms with Gasteiger partial charge in [-0.3, -0.25) is 0 Å². The fourth-order valence-corrected chi connectivity index (χ4v) is 8.43. The van der Waals surface area contributed by atoms with Crippen molar-refractivity contribution in [3.8, 4) is 0 Å². The summed E-state index contributed by atoms with van der Waals surface area (Å²) in [6.45, 7) is 30.2. The average molecular weight is 538 g/mol. The van der Waals surface area contributed by atoms with Crippen LogP contribution in [0, 0.1) is 10.8 Å². The van der Waals surface area contributed by atoms with Crippen LogP contribution in [0.5, 0.6) is 0 Å². The molecular weight excluding hydrogens is 492 g/mol. The van der Waals surface area contributed by atoms with E-state index in [1.54, 1.807) is 25.7 Å². The van der Waals surface area contributed by atoms with E-state index in [0.717, 1.165) is 0 Å². The van der Waals surface area contributed by atoms with Crippen LogP contribution in [0.15, 0.2) is 6.07 Å². The number of rotatable bonds is 3. The van der Waals surface area contributed by atoms with Crippen molar-refractivity contribution in [2.45, 2.75) is 120 Å². The summed E-state index contributed by atoms with van der Waals surface area (Å²) in [5.41, 5.74) is 1.45. The number of hydrogen-bond acceptors (Lipinski definition) is 0. The molecule has 0 nitrogen and oxygen atoms in total. The van der Waals surface area contributed by atoms with Gasteiger partial charge in [-0.25, -0.2) is 0 Å². The predicted molar refractivity (Wildman–Crippen MR) is 150 cm³/mol. The fraction of sp³-hybridized carbons (Fsp3) is 0.769. The van der Waals surface area contributed by atoms with Gasteiger partial charge in [0.2, 0.25) is 0 Å². The molecule has 0 unspecified atom stereocenters. The minimum absolute atomic E-state index is 0. The van der Waals surface area contributed by atoms with Gasteiger partial charge in [-0.15, -0.1) is 0 Å². The van der Waals surface area contributed by atoms with Gasteiger partial charge >= 0.3 is 0 Å². The molecule has 1 aromatic heterocycles. The second-order valence-electron chi connectivity index (χ2n) is 12.5. The minimum atomic E-state index is 0. The zero-order valence-corrected chi connectivity index (χ0v) is 27.0. The number of unbranched alkanes of at least 4 members (excludes halogenated alkanes) is 1. The maximum atomic E-state index is 2.49. The summed E-state index contributed by atoms with van der Waals surface area (Å²) in [6, 6.07) is 2.49. The van der Waals surface area contributed by atoms with Crippen molar-refractivity contribution in [1.82, 2.24) is 0 Å². The molecule has 0 fully saturated rings. The van der Waals surface area contributed by atoms with Crippen molar-refractivity contribution in [2.24, 2.45) is 10.8 Å². The zero-order valence-electron chi connectivity index (χ0n) is 22.3. The molecule has 31 heavy (non-hydrogen) atoms. The summed E-state index contributed by atoms with van der Waals surface area (Å²) in [5, 5.41) is 8.24. The van der Waals surface area contributed by atoms with Gasteiger partial charge in [0.25, 0.3) is 0 Å². The van der Waals surface area contributed by atoms with Gasteiger partial charge in [0.05, 0.1) is 0 Å². The van der Waals surface area contributed by atoms with Crippen LogP contribution < -0.4 is 0 Å². The largest absolute Gasteiger partial charge is 0.0654 e. The molecule has 0 atom stereocenters. The van der Waals surface area contributed by atoms with Crippen molar-refractivity contribution in [3.63, 3.8) is 0 Å². The normalized spacial score (nSPS) is 16.0. The van der Waals surface area contributed by atoms with E-state index in [1.165, 1.54) is 52.1 Å². The summed E-state index contributed by atoms with van der Waals surface area (Å²) in [6.07, 6.45) is 3.89. The van der Waals surface area contributed by atoms with Gasteiger partial charge in [0, 0.05) is 32.2 Å². The maximum Gasteiger partial charge on any atom is 0.0132 e. The van der Waals surface area contributed by atoms with Gasteiger partial charge in [-0.2, -0.15) is 0 Å². The van der Waals surface area contributed by atoms with Crippen molar-refractivity contribution < 1.29 is 17.1 Å². The first-order chi connectivity index (χ1) is 13.4. The van der Waals surface area contributed by atoms with E-state index in [-0.39, 0.29) is 17.1 Å².